The molecule has 0 saturated heterocycles. The number of benzene rings is 11. The van der Waals surface area contributed by atoms with Gasteiger partial charge in [-0.1, -0.05) is 242 Å². The van der Waals surface area contributed by atoms with Gasteiger partial charge < -0.3 is 57.7 Å². The van der Waals surface area contributed by atoms with Crippen LogP contribution in [0, 0.1) is 0 Å². The fourth-order valence-electron chi connectivity index (χ4n) is 18.2. The normalized spacial score (nSPS) is 15.2. The third-order valence-corrected chi connectivity index (χ3v) is 25.9. The van der Waals surface area contributed by atoms with Crippen molar-refractivity contribution in [1.82, 2.24) is 75.5 Å². The van der Waals surface area contributed by atoms with Crippen LogP contribution in [0.2, 0.25) is 5.02 Å². The summed E-state index contributed by atoms with van der Waals surface area (Å²) in [5, 5.41) is 38.7. The second-order valence-electron chi connectivity index (χ2n) is 34.6. The number of nitrogens with one attached hydrogen (secondary N) is 5. The summed E-state index contributed by atoms with van der Waals surface area (Å²) in [6.45, 7) is 7.89. The first kappa shape index (κ1) is 92.4. The van der Waals surface area contributed by atoms with Crippen LogP contribution in [0.25, 0.3) is 67.4 Å². The largest absolute Gasteiger partial charge is 0.485 e. The number of hydrogen-bond acceptors (Lipinski definition) is 18. The van der Waals surface area contributed by atoms with E-state index in [1.165, 1.54) is 7.11 Å². The number of carbonyl (C=O) groups is 6. The highest BCUT2D eigenvalue weighted by molar-refractivity contribution is 6.30. The van der Waals surface area contributed by atoms with Crippen LogP contribution >= 0.6 is 11.6 Å². The monoisotopic (exact) mass is 1890 g/mol. The van der Waals surface area contributed by atoms with E-state index in [0.717, 1.165) is 167 Å². The number of hydrogen-bond donors (Lipinski definition) is 5. The van der Waals surface area contributed by atoms with Crippen molar-refractivity contribution in [1.29, 1.82) is 0 Å². The predicted molar refractivity (Wildman–Crippen MR) is 529 cm³/mol. The molecule has 7 aliphatic rings. The zero-order chi connectivity index (χ0) is 95.8. The molecule has 5 aromatic heterocycles. The molecule has 11 aromatic carbocycles. The second kappa shape index (κ2) is 43.2. The van der Waals surface area contributed by atoms with Crippen molar-refractivity contribution in [2.45, 2.75) is 96.5 Å². The Morgan fingerprint density at radius 2 is 0.721 bits per heavy atom. The Balaban J connectivity index is 0.000000112. The first-order valence-electron chi connectivity index (χ1n) is 46.8. The lowest BCUT2D eigenvalue weighted by molar-refractivity contribution is -0.142. The molecule has 3 unspecified atom stereocenters. The number of aromatic amines is 5. The Hall–Kier alpha value is -16.6. The molecule has 0 saturated carbocycles. The van der Waals surface area contributed by atoms with E-state index in [0.29, 0.717) is 111 Å². The molecule has 5 N–H and O–H groups in total. The zero-order valence-corrected chi connectivity index (χ0v) is 77.9. The van der Waals surface area contributed by atoms with Gasteiger partial charge in [-0.05, 0) is 96.4 Å². The lowest BCUT2D eigenvalue weighted by atomic mass is 10.0. The molecule has 3 atom stereocenters. The molecule has 29 heteroatoms. The second-order valence-corrected chi connectivity index (χ2v) is 35.1. The summed E-state index contributed by atoms with van der Waals surface area (Å²) in [5.41, 5.74) is 24.5. The van der Waals surface area contributed by atoms with Crippen LogP contribution in [-0.4, -0.2) is 189 Å². The summed E-state index contributed by atoms with van der Waals surface area (Å²) in [6.07, 6.45) is 2.83. The zero-order valence-electron chi connectivity index (χ0n) is 77.2. The topological polar surface area (TPSA) is 327 Å². The van der Waals surface area contributed by atoms with Gasteiger partial charge in [-0.15, -0.1) is 0 Å². The molecule has 7 aliphatic heterocycles. The van der Waals surface area contributed by atoms with Gasteiger partial charge in [-0.3, -0.25) is 49.5 Å². The molecular formula is C111H102ClN15O13. The lowest BCUT2D eigenvalue weighted by Gasteiger charge is -2.32. The van der Waals surface area contributed by atoms with Gasteiger partial charge in [0.05, 0.1) is 41.1 Å². The number of aromatic nitrogens is 10. The molecule has 28 nitrogen and oxygen atoms in total. The number of para-hydroxylation sites is 3. The minimum Gasteiger partial charge on any atom is -0.485 e. The number of rotatable bonds is 18. The van der Waals surface area contributed by atoms with Gasteiger partial charge in [0.2, 0.25) is 6.10 Å². The van der Waals surface area contributed by atoms with Gasteiger partial charge in [0.25, 0.3) is 29.5 Å². The van der Waals surface area contributed by atoms with Crippen molar-refractivity contribution < 1.29 is 61.9 Å². The molecule has 5 amide bonds. The number of nitrogens with zero attached hydrogens (tertiary/aromatic N) is 10. The standard InChI is InChI=1S/C26H23N3O2.C22H21N3O4.C21H20ClN3O2.C21H19N3O3.C21H19N3O2/c30-25(18-31-22-13-7-12-21(16-22)19-8-3-1-4-9-19)29-15-14-24-23(17-29)26(28-27-24)20-10-5-2-6-11-20;1-28-22(27)16-7-9-17(10-8-16)29-14-20(26)25-12-11-19-18(13-25)21(24-23-19)15-5-3-2-4-6-15;1-14(27-17-9-5-8-16(22)12-17)21(26)25-11-10-19-18(13-25)20(24-23-19)15-6-3-2-4-7-15;25-21(19-13-26-17-8-4-5-9-18(17)27-19)24-11-10-16-15(12-24)20(23-22-16)14-6-2-1-3-7-14;25-21(19-12-15-8-4-5-9-18(15)26-19)24-11-10-17-16(13-24)20(23-22-17)14-6-2-1-3-7-14/h1-13,16H,14-15,17-18H2,(H,27,28);2-10H,11-14H2,1H3,(H,23,24);2-9,12,14H,10-11,13H2,1H3,(H,23,24);1-9,19H,10-13H2,(H,22,23);1-9,19H,10-13H2,(H,22,23). The van der Waals surface area contributed by atoms with Gasteiger partial charge in [0.1, 0.15) is 29.6 Å². The van der Waals surface area contributed by atoms with Crippen molar-refractivity contribution in [2.75, 3.05) is 59.7 Å². The molecule has 706 valence electrons. The van der Waals surface area contributed by atoms with E-state index in [1.807, 2.05) is 262 Å². The maximum atomic E-state index is 13.0. The summed E-state index contributed by atoms with van der Waals surface area (Å²) >= 11 is 5.99. The fraction of sp³-hybridized carbons (Fsp3) is 0.216. The van der Waals surface area contributed by atoms with Crippen molar-refractivity contribution in [3.8, 4) is 102 Å². The highest BCUT2D eigenvalue weighted by Crippen LogP contribution is 2.39. The van der Waals surface area contributed by atoms with Crippen LogP contribution < -0.4 is 28.4 Å². The maximum Gasteiger partial charge on any atom is 0.337 e. The summed E-state index contributed by atoms with van der Waals surface area (Å²) < 4.78 is 39.4. The van der Waals surface area contributed by atoms with Gasteiger partial charge in [0.15, 0.2) is 36.9 Å². The molecule has 23 rings (SSSR count). The first-order valence-corrected chi connectivity index (χ1v) is 47.2. The summed E-state index contributed by atoms with van der Waals surface area (Å²) in [4.78, 5) is 85.2. The average molecular weight is 1890 g/mol. The van der Waals surface area contributed by atoms with E-state index in [-0.39, 0.29) is 49.4 Å². The summed E-state index contributed by atoms with van der Waals surface area (Å²) in [7, 11) is 1.33. The van der Waals surface area contributed by atoms with Crippen LogP contribution in [0.4, 0.5) is 0 Å². The van der Waals surface area contributed by atoms with Gasteiger partial charge in [-0.25, -0.2) is 4.79 Å². The van der Waals surface area contributed by atoms with Gasteiger partial charge in [0, 0.05) is 193 Å². The van der Waals surface area contributed by atoms with E-state index < -0.39 is 24.3 Å². The molecule has 0 radical (unpaired) electrons. The van der Waals surface area contributed by atoms with Crippen molar-refractivity contribution in [2.24, 2.45) is 0 Å². The quantitative estimate of drug-likeness (QED) is 0.0498. The molecular weight excluding hydrogens is 1790 g/mol. The van der Waals surface area contributed by atoms with Crippen LogP contribution in [0.5, 0.6) is 34.5 Å². The third-order valence-electron chi connectivity index (χ3n) is 25.6. The number of fused-ring (bicyclic) bond motifs is 7. The smallest absolute Gasteiger partial charge is 0.337 e. The van der Waals surface area contributed by atoms with E-state index in [9.17, 15) is 28.8 Å². The van der Waals surface area contributed by atoms with E-state index in [4.69, 9.17) is 40.0 Å². The van der Waals surface area contributed by atoms with Crippen molar-refractivity contribution in [3.63, 3.8) is 0 Å². The molecule has 0 bridgehead atoms. The van der Waals surface area contributed by atoms with Crippen LogP contribution in [0.3, 0.4) is 0 Å². The van der Waals surface area contributed by atoms with Gasteiger partial charge in [-0.2, -0.15) is 25.5 Å². The van der Waals surface area contributed by atoms with E-state index in [1.54, 1.807) is 60.4 Å². The molecule has 0 aliphatic carbocycles. The minimum atomic E-state index is -0.617. The highest BCUT2D eigenvalue weighted by Gasteiger charge is 2.38. The predicted octanol–water partition coefficient (Wildman–Crippen LogP) is 17.4. The fourth-order valence-corrected chi connectivity index (χ4v) is 18.4. The SMILES string of the molecule is CC(Oc1cccc(Cl)c1)C(=O)N1CCc2[nH]nc(-c3ccccc3)c2C1.COC(=O)c1ccc(OCC(=O)N2CCc3[nH]nc(-c4ccccc4)c3C2)cc1.O=C(C1COc2ccccc2O1)N1CCc2[nH]nc(-c3ccccc3)c2C1.O=C(C1Cc2ccccc2O1)N1CCc2[nH]nc(-c3ccccc3)c2C1.O=C(COc1cccc(-c2ccccc2)c1)N1CCc2[nH]nc(-c3ccccc3)c2C1. The number of methoxy groups -OCH3 is 1. The van der Waals surface area contributed by atoms with Crippen molar-refractivity contribution >= 4 is 47.1 Å². The number of amides is 5. The third kappa shape index (κ3) is 21.4. The number of H-pyrrole nitrogens is 5. The van der Waals surface area contributed by atoms with Crippen LogP contribution in [0.1, 0.15) is 79.1 Å². The molecule has 0 fully saturated rings. The van der Waals surface area contributed by atoms with Crippen LogP contribution in [-0.2, 0) is 100.0 Å². The maximum absolute atomic E-state index is 13.0. The Morgan fingerprint density at radius 3 is 1.16 bits per heavy atom. The Kier molecular flexibility index (Phi) is 28.5. The number of ether oxygens (including phenoxy) is 7. The highest BCUT2D eigenvalue weighted by atomic mass is 35.5. The number of carbonyl (C=O) groups excluding carboxylic acids is 6. The molecule has 0 spiro atoms. The molecule has 12 heterocycles. The lowest BCUT2D eigenvalue weighted by Crippen LogP contribution is -2.47. The Labute approximate surface area is 813 Å². The summed E-state index contributed by atoms with van der Waals surface area (Å²) in [5.74, 6) is 3.40. The minimum absolute atomic E-state index is 0.0176. The van der Waals surface area contributed by atoms with Gasteiger partial charge >= 0.3 is 5.97 Å². The Bertz CT molecular complexity index is 7020. The van der Waals surface area contributed by atoms with E-state index >= 15 is 0 Å². The molecule has 16 aromatic rings. The van der Waals surface area contributed by atoms with E-state index in [2.05, 4.69) is 67.9 Å². The summed E-state index contributed by atoms with van der Waals surface area (Å²) in [6, 6.07) is 97.1. The Morgan fingerprint density at radius 1 is 0.364 bits per heavy atom. The number of halogens is 1. The number of esters is 1. The average Bonchev–Trinajstić information content (AvgIpc) is 1.53. The molecule has 140 heavy (non-hydrogen) atoms. The van der Waals surface area contributed by atoms with Crippen LogP contribution in [0.15, 0.2) is 303 Å². The first-order chi connectivity index (χ1) is 68.6. The van der Waals surface area contributed by atoms with Crippen molar-refractivity contribution in [3.05, 3.63) is 376 Å².